The van der Waals surface area contributed by atoms with Gasteiger partial charge in [-0.1, -0.05) is 19.3 Å². The van der Waals surface area contributed by atoms with Crippen molar-refractivity contribution in [2.75, 3.05) is 7.05 Å². The fraction of sp³-hybridized carbons (Fsp3) is 0.857. The van der Waals surface area contributed by atoms with E-state index in [1.807, 2.05) is 0 Å². The maximum absolute atomic E-state index is 4.41. The Morgan fingerprint density at radius 1 is 1.33 bits per heavy atom. The van der Waals surface area contributed by atoms with E-state index in [1.54, 1.807) is 6.33 Å². The first-order valence-corrected chi connectivity index (χ1v) is 7.23. The summed E-state index contributed by atoms with van der Waals surface area (Å²) in [5.41, 5.74) is 0. The van der Waals surface area contributed by atoms with Crippen molar-refractivity contribution in [2.24, 2.45) is 5.92 Å². The summed E-state index contributed by atoms with van der Waals surface area (Å²) in [6.07, 6.45) is 8.61. The van der Waals surface area contributed by atoms with Gasteiger partial charge in [0.2, 0.25) is 0 Å². The van der Waals surface area contributed by atoms with E-state index in [1.165, 1.54) is 32.1 Å². The molecule has 18 heavy (non-hydrogen) atoms. The molecule has 1 heterocycles. The Morgan fingerprint density at radius 3 is 2.72 bits per heavy atom. The summed E-state index contributed by atoms with van der Waals surface area (Å²) in [5.74, 6) is 1.92. The van der Waals surface area contributed by atoms with Gasteiger partial charge in [-0.05, 0) is 39.7 Å². The van der Waals surface area contributed by atoms with Gasteiger partial charge in [0.05, 0.1) is 6.54 Å². The molecular weight excluding hydrogens is 224 g/mol. The Balaban J connectivity index is 1.94. The zero-order valence-electron chi connectivity index (χ0n) is 12.0. The van der Waals surface area contributed by atoms with Gasteiger partial charge in [-0.2, -0.15) is 5.10 Å². The lowest BCUT2D eigenvalue weighted by Crippen LogP contribution is -2.28. The van der Waals surface area contributed by atoms with Crippen LogP contribution in [0.3, 0.4) is 0 Å². The quantitative estimate of drug-likeness (QED) is 0.805. The highest BCUT2D eigenvalue weighted by atomic mass is 15.3. The van der Waals surface area contributed by atoms with Crippen molar-refractivity contribution in [1.29, 1.82) is 0 Å². The van der Waals surface area contributed by atoms with Crippen LogP contribution in [0.2, 0.25) is 0 Å². The van der Waals surface area contributed by atoms with Crippen LogP contribution in [0.1, 0.15) is 51.8 Å². The fourth-order valence-electron chi connectivity index (χ4n) is 2.58. The molecule has 2 rings (SSSR count). The molecule has 1 saturated carbocycles. The van der Waals surface area contributed by atoms with Crippen LogP contribution >= 0.6 is 0 Å². The van der Waals surface area contributed by atoms with E-state index in [2.05, 4.69) is 40.6 Å². The number of hydrogen-bond acceptors (Lipinski definition) is 3. The van der Waals surface area contributed by atoms with E-state index in [4.69, 9.17) is 0 Å². The second-order valence-corrected chi connectivity index (χ2v) is 5.87. The Hall–Kier alpha value is -0.900. The third-order valence-corrected chi connectivity index (χ3v) is 4.12. The second-order valence-electron chi connectivity index (χ2n) is 5.87. The molecule has 0 atom stereocenters. The summed E-state index contributed by atoms with van der Waals surface area (Å²) in [7, 11) is 2.14. The first-order valence-electron chi connectivity index (χ1n) is 7.23. The van der Waals surface area contributed by atoms with Crippen molar-refractivity contribution in [3.63, 3.8) is 0 Å². The van der Waals surface area contributed by atoms with E-state index >= 15 is 0 Å². The molecule has 0 aromatic carbocycles. The van der Waals surface area contributed by atoms with Gasteiger partial charge in [0.25, 0.3) is 0 Å². The number of hydrogen-bond donors (Lipinski definition) is 0. The summed E-state index contributed by atoms with van der Waals surface area (Å²) in [5, 5.41) is 4.40. The van der Waals surface area contributed by atoms with Crippen molar-refractivity contribution in [1.82, 2.24) is 19.7 Å². The molecule has 1 aliphatic rings. The zero-order chi connectivity index (χ0) is 13.0. The van der Waals surface area contributed by atoms with E-state index in [9.17, 15) is 0 Å². The molecule has 1 fully saturated rings. The average Bonchev–Trinajstić information content (AvgIpc) is 2.78. The Bertz CT molecular complexity index is 352. The van der Waals surface area contributed by atoms with E-state index < -0.39 is 0 Å². The Labute approximate surface area is 110 Å². The van der Waals surface area contributed by atoms with Crippen LogP contribution in [0.4, 0.5) is 0 Å². The molecule has 1 aliphatic carbocycles. The SMILES string of the molecule is CC(C)N(C)Cc1ncnn1CC1CCCCC1. The van der Waals surface area contributed by atoms with Crippen molar-refractivity contribution < 1.29 is 0 Å². The van der Waals surface area contributed by atoms with E-state index in [0.29, 0.717) is 6.04 Å². The highest BCUT2D eigenvalue weighted by Crippen LogP contribution is 2.25. The summed E-state index contributed by atoms with van der Waals surface area (Å²) in [6, 6.07) is 0.546. The molecule has 4 nitrogen and oxygen atoms in total. The zero-order valence-corrected chi connectivity index (χ0v) is 12.0. The number of rotatable bonds is 5. The molecular formula is C14H26N4. The van der Waals surface area contributed by atoms with Gasteiger partial charge < -0.3 is 0 Å². The van der Waals surface area contributed by atoms with Gasteiger partial charge in [0.15, 0.2) is 0 Å². The maximum atomic E-state index is 4.41. The normalized spacial score (nSPS) is 17.8. The maximum Gasteiger partial charge on any atom is 0.141 e. The van der Waals surface area contributed by atoms with Crippen molar-refractivity contribution in [2.45, 2.75) is 65.1 Å². The summed E-state index contributed by atoms with van der Waals surface area (Å²) in [6.45, 7) is 6.37. The smallest absolute Gasteiger partial charge is 0.141 e. The molecule has 0 amide bonds. The molecule has 0 spiro atoms. The Morgan fingerprint density at radius 2 is 2.06 bits per heavy atom. The number of nitrogens with zero attached hydrogens (tertiary/aromatic N) is 4. The van der Waals surface area contributed by atoms with Crippen LogP contribution in [0.5, 0.6) is 0 Å². The first-order chi connectivity index (χ1) is 8.66. The minimum atomic E-state index is 0.546. The second kappa shape index (κ2) is 6.32. The minimum absolute atomic E-state index is 0.546. The monoisotopic (exact) mass is 250 g/mol. The van der Waals surface area contributed by atoms with Gasteiger partial charge in [0.1, 0.15) is 12.2 Å². The topological polar surface area (TPSA) is 34.0 Å². The largest absolute Gasteiger partial charge is 0.297 e. The van der Waals surface area contributed by atoms with Gasteiger partial charge >= 0.3 is 0 Å². The fourth-order valence-corrected chi connectivity index (χ4v) is 2.58. The molecule has 0 N–H and O–H groups in total. The predicted octanol–water partition coefficient (Wildman–Crippen LogP) is 2.70. The van der Waals surface area contributed by atoms with Crippen LogP contribution in [-0.2, 0) is 13.1 Å². The third-order valence-electron chi connectivity index (χ3n) is 4.12. The van der Waals surface area contributed by atoms with Gasteiger partial charge in [0, 0.05) is 12.6 Å². The van der Waals surface area contributed by atoms with Crippen molar-refractivity contribution in [3.8, 4) is 0 Å². The van der Waals surface area contributed by atoms with E-state index in [0.717, 1.165) is 24.8 Å². The van der Waals surface area contributed by atoms with Gasteiger partial charge in [-0.3, -0.25) is 4.90 Å². The molecule has 1 aromatic rings. The molecule has 4 heteroatoms. The van der Waals surface area contributed by atoms with Crippen molar-refractivity contribution in [3.05, 3.63) is 12.2 Å². The summed E-state index contributed by atoms with van der Waals surface area (Å²) in [4.78, 5) is 6.72. The van der Waals surface area contributed by atoms with Crippen LogP contribution in [-0.4, -0.2) is 32.8 Å². The van der Waals surface area contributed by atoms with Crippen LogP contribution in [0.25, 0.3) is 0 Å². The molecule has 102 valence electrons. The standard InChI is InChI=1S/C14H26N4/c1-12(2)17(3)10-14-15-11-16-18(14)9-13-7-5-4-6-8-13/h11-13H,4-10H2,1-3H3. The Kier molecular flexibility index (Phi) is 4.75. The molecule has 0 bridgehead atoms. The van der Waals surface area contributed by atoms with Crippen LogP contribution in [0.15, 0.2) is 6.33 Å². The highest BCUT2D eigenvalue weighted by Gasteiger charge is 2.17. The summed E-state index contributed by atoms with van der Waals surface area (Å²) >= 11 is 0. The van der Waals surface area contributed by atoms with Gasteiger partial charge in [-0.15, -0.1) is 0 Å². The van der Waals surface area contributed by atoms with Gasteiger partial charge in [-0.25, -0.2) is 9.67 Å². The highest BCUT2D eigenvalue weighted by molar-refractivity contribution is 4.86. The molecule has 0 radical (unpaired) electrons. The molecule has 0 unspecified atom stereocenters. The lowest BCUT2D eigenvalue weighted by Gasteiger charge is -2.24. The molecule has 1 aromatic heterocycles. The first kappa shape index (κ1) is 13.5. The van der Waals surface area contributed by atoms with Crippen LogP contribution < -0.4 is 0 Å². The van der Waals surface area contributed by atoms with Crippen molar-refractivity contribution >= 4 is 0 Å². The average molecular weight is 250 g/mol. The van der Waals surface area contributed by atoms with E-state index in [-0.39, 0.29) is 0 Å². The lowest BCUT2D eigenvalue weighted by atomic mass is 9.89. The third kappa shape index (κ3) is 3.55. The molecule has 0 saturated heterocycles. The predicted molar refractivity (Wildman–Crippen MR) is 73.2 cm³/mol. The lowest BCUT2D eigenvalue weighted by molar-refractivity contribution is 0.244. The number of aromatic nitrogens is 3. The minimum Gasteiger partial charge on any atom is -0.297 e. The molecule has 0 aliphatic heterocycles. The van der Waals surface area contributed by atoms with Crippen LogP contribution in [0, 0.1) is 5.92 Å². The summed E-state index contributed by atoms with van der Waals surface area (Å²) < 4.78 is 2.12.